The second-order valence-corrected chi connectivity index (χ2v) is 5.50. The van der Waals surface area contributed by atoms with Crippen molar-refractivity contribution < 1.29 is 17.0 Å². The van der Waals surface area contributed by atoms with Gasteiger partial charge in [-0.05, 0) is 11.9 Å². The summed E-state index contributed by atoms with van der Waals surface area (Å²) < 4.78 is 1.75. The zero-order chi connectivity index (χ0) is 15.3. The van der Waals surface area contributed by atoms with Crippen LogP contribution in [0.25, 0.3) is 0 Å². The Kier molecular flexibility index (Phi) is 8.64. The minimum absolute atomic E-state index is 0. The number of rotatable bonds is 3. The third-order valence-electron chi connectivity index (χ3n) is 2.68. The van der Waals surface area contributed by atoms with E-state index in [9.17, 15) is 0 Å². The molecule has 0 fully saturated rings. The maximum atomic E-state index is 6.33. The summed E-state index contributed by atoms with van der Waals surface area (Å²) in [6, 6.07) is 9.87. The number of nitrogens with zero attached hydrogens (tertiary/aromatic N) is 3. The molecule has 0 aromatic heterocycles. The number of allylic oxidation sites excluding steroid dienone is 1. The summed E-state index contributed by atoms with van der Waals surface area (Å²) in [5.41, 5.74) is 2.62. The number of aliphatic imine (C=N–C) groups is 1. The Morgan fingerprint density at radius 2 is 1.62 bits per heavy atom. The summed E-state index contributed by atoms with van der Waals surface area (Å²) in [5.74, 6) is 0. The molecule has 0 radical (unpaired) electrons. The van der Waals surface area contributed by atoms with Crippen LogP contribution in [0.15, 0.2) is 46.1 Å². The minimum Gasteiger partial charge on any atom is -1.00 e. The van der Waals surface area contributed by atoms with E-state index in [1.165, 1.54) is 0 Å². The van der Waals surface area contributed by atoms with E-state index in [1.807, 2.05) is 70.3 Å². The molecule has 0 aliphatic rings. The Hall–Kier alpha value is -1.03. The lowest BCUT2D eigenvalue weighted by Gasteiger charge is -2.13. The fourth-order valence-corrected chi connectivity index (χ4v) is 1.76. The third kappa shape index (κ3) is 5.70. The van der Waals surface area contributed by atoms with Crippen molar-refractivity contribution in [2.75, 3.05) is 28.2 Å². The van der Waals surface area contributed by atoms with E-state index in [2.05, 4.69) is 4.99 Å². The largest absolute Gasteiger partial charge is 1.00 e. The molecule has 0 atom stereocenters. The maximum absolute atomic E-state index is 6.33. The van der Waals surface area contributed by atoms with Crippen molar-refractivity contribution in [3.8, 4) is 0 Å². The Morgan fingerprint density at radius 1 is 1.10 bits per heavy atom. The van der Waals surface area contributed by atoms with Crippen LogP contribution in [0.2, 0.25) is 0 Å². The third-order valence-corrected chi connectivity index (χ3v) is 3.72. The van der Waals surface area contributed by atoms with Gasteiger partial charge >= 0.3 is 5.29 Å². The van der Waals surface area contributed by atoms with Gasteiger partial charge in [-0.1, -0.05) is 41.9 Å². The SMILES string of the molecule is CC(/C(=N\C(Cl)=[N+](C)C)c1ccccc1)=C(/Cl)N(C)C.[Cl-]. The topological polar surface area (TPSA) is 18.6 Å². The molecule has 0 bridgehead atoms. The van der Waals surface area contributed by atoms with Gasteiger partial charge in [0.25, 0.3) is 0 Å². The number of halogens is 3. The van der Waals surface area contributed by atoms with E-state index in [0.29, 0.717) is 10.5 Å². The highest BCUT2D eigenvalue weighted by atomic mass is 35.5. The molecule has 1 aromatic carbocycles. The summed E-state index contributed by atoms with van der Waals surface area (Å²) >= 11 is 12.5. The van der Waals surface area contributed by atoms with E-state index in [1.54, 1.807) is 4.58 Å². The molecule has 0 spiro atoms. The summed E-state index contributed by atoms with van der Waals surface area (Å²) in [4.78, 5) is 6.35. The van der Waals surface area contributed by atoms with Crippen LogP contribution in [-0.2, 0) is 0 Å². The van der Waals surface area contributed by atoms with Gasteiger partial charge in [-0.2, -0.15) is 0 Å². The van der Waals surface area contributed by atoms with E-state index < -0.39 is 0 Å². The van der Waals surface area contributed by atoms with Crippen LogP contribution in [0, 0.1) is 0 Å². The molecule has 1 aromatic rings. The van der Waals surface area contributed by atoms with Gasteiger partial charge in [0.2, 0.25) is 0 Å². The molecular formula is C15H20Cl3N3. The van der Waals surface area contributed by atoms with Gasteiger partial charge in [0.15, 0.2) is 5.71 Å². The predicted octanol–water partition coefficient (Wildman–Crippen LogP) is 0.378. The molecule has 0 aliphatic carbocycles. The van der Waals surface area contributed by atoms with Gasteiger partial charge in [-0.15, -0.1) is 0 Å². The second kappa shape index (κ2) is 9.08. The molecule has 1 rings (SSSR count). The monoisotopic (exact) mass is 347 g/mol. The molecule has 0 heterocycles. The average Bonchev–Trinajstić information content (AvgIpc) is 2.43. The van der Waals surface area contributed by atoms with Crippen molar-refractivity contribution in [1.82, 2.24) is 4.90 Å². The summed E-state index contributed by atoms with van der Waals surface area (Å²) in [7, 11) is 7.49. The molecule has 0 aliphatic heterocycles. The number of hydrogen-bond acceptors (Lipinski definition) is 1. The van der Waals surface area contributed by atoms with Gasteiger partial charge in [-0.25, -0.2) is 0 Å². The van der Waals surface area contributed by atoms with Gasteiger partial charge in [0.1, 0.15) is 5.16 Å². The van der Waals surface area contributed by atoms with Crippen LogP contribution in [-0.4, -0.2) is 48.7 Å². The lowest BCUT2D eigenvalue weighted by molar-refractivity contribution is -0.462. The van der Waals surface area contributed by atoms with E-state index in [4.69, 9.17) is 23.2 Å². The molecule has 6 heteroatoms. The zero-order valence-electron chi connectivity index (χ0n) is 12.9. The van der Waals surface area contributed by atoms with Gasteiger partial charge in [0.05, 0.1) is 14.1 Å². The summed E-state index contributed by atoms with van der Waals surface area (Å²) in [5, 5.41) is 1.04. The molecule has 0 N–H and O–H groups in total. The molecule has 21 heavy (non-hydrogen) atoms. The number of hydrogen-bond donors (Lipinski definition) is 0. The molecule has 0 saturated carbocycles. The Labute approximate surface area is 143 Å². The lowest BCUT2D eigenvalue weighted by Crippen LogP contribution is -3.00. The van der Waals surface area contributed by atoms with E-state index in [-0.39, 0.29) is 12.4 Å². The van der Waals surface area contributed by atoms with Crippen molar-refractivity contribution in [2.45, 2.75) is 6.92 Å². The van der Waals surface area contributed by atoms with Crippen LogP contribution in [0.5, 0.6) is 0 Å². The first kappa shape index (κ1) is 20.0. The molecular weight excluding hydrogens is 329 g/mol. The summed E-state index contributed by atoms with van der Waals surface area (Å²) in [6.45, 7) is 1.94. The Morgan fingerprint density at radius 3 is 2.05 bits per heavy atom. The Balaban J connectivity index is 0.00000400. The van der Waals surface area contributed by atoms with E-state index in [0.717, 1.165) is 16.8 Å². The fraction of sp³-hybridized carbons (Fsp3) is 0.333. The minimum atomic E-state index is 0. The van der Waals surface area contributed by atoms with Crippen LogP contribution in [0.3, 0.4) is 0 Å². The van der Waals surface area contributed by atoms with Gasteiger partial charge in [0, 0.05) is 36.8 Å². The molecule has 0 amide bonds. The smallest absolute Gasteiger partial charge is 0.391 e. The second-order valence-electron chi connectivity index (χ2n) is 4.80. The van der Waals surface area contributed by atoms with Crippen molar-refractivity contribution in [3.63, 3.8) is 0 Å². The highest BCUT2D eigenvalue weighted by molar-refractivity contribution is 6.64. The highest BCUT2D eigenvalue weighted by Gasteiger charge is 2.18. The maximum Gasteiger partial charge on any atom is 0.391 e. The summed E-state index contributed by atoms with van der Waals surface area (Å²) in [6.07, 6.45) is 0. The predicted molar refractivity (Wildman–Crippen MR) is 88.2 cm³/mol. The van der Waals surface area contributed by atoms with Crippen molar-refractivity contribution in [2.24, 2.45) is 4.99 Å². The Bertz CT molecular complexity index is 557. The lowest BCUT2D eigenvalue weighted by atomic mass is 10.0. The molecule has 0 unspecified atom stereocenters. The average molecular weight is 349 g/mol. The van der Waals surface area contributed by atoms with Crippen LogP contribution in [0.4, 0.5) is 0 Å². The quantitative estimate of drug-likeness (QED) is 0.334. The first-order valence-electron chi connectivity index (χ1n) is 6.22. The van der Waals surface area contributed by atoms with Crippen LogP contribution in [0.1, 0.15) is 12.5 Å². The number of amidine groups is 1. The van der Waals surface area contributed by atoms with E-state index >= 15 is 0 Å². The van der Waals surface area contributed by atoms with Gasteiger partial charge < -0.3 is 17.3 Å². The van der Waals surface area contributed by atoms with Crippen molar-refractivity contribution >= 4 is 34.2 Å². The van der Waals surface area contributed by atoms with Gasteiger partial charge in [-0.3, -0.25) is 4.58 Å². The van der Waals surface area contributed by atoms with Crippen LogP contribution >= 0.6 is 23.2 Å². The highest BCUT2D eigenvalue weighted by Crippen LogP contribution is 2.18. The van der Waals surface area contributed by atoms with Crippen molar-refractivity contribution in [1.29, 1.82) is 0 Å². The standard InChI is InChI=1S/C15H20Cl2N3.ClH/c1-11(14(16)19(2)3)13(18-15(17)20(4)5)12-9-7-6-8-10-12;/h6-10H,1-5H3;1H/q+1;/p-1. The zero-order valence-corrected chi connectivity index (χ0v) is 15.1. The van der Waals surface area contributed by atoms with Crippen LogP contribution < -0.4 is 12.4 Å². The normalized spacial score (nSPS) is 12.2. The van der Waals surface area contributed by atoms with Crippen molar-refractivity contribution in [3.05, 3.63) is 46.6 Å². The first-order chi connectivity index (χ1) is 9.34. The molecule has 0 saturated heterocycles. The fourth-order valence-electron chi connectivity index (χ4n) is 1.59. The molecule has 3 nitrogen and oxygen atoms in total. The first-order valence-corrected chi connectivity index (χ1v) is 6.98. The molecule has 116 valence electrons. The number of benzene rings is 1.